The van der Waals surface area contributed by atoms with E-state index in [9.17, 15) is 0 Å². The van der Waals surface area contributed by atoms with E-state index in [1.165, 1.54) is 25.9 Å². The van der Waals surface area contributed by atoms with E-state index in [0.29, 0.717) is 6.04 Å². The van der Waals surface area contributed by atoms with Gasteiger partial charge < -0.3 is 10.1 Å². The van der Waals surface area contributed by atoms with Crippen molar-refractivity contribution in [3.63, 3.8) is 0 Å². The summed E-state index contributed by atoms with van der Waals surface area (Å²) in [5, 5.41) is 3.29. The Kier molecular flexibility index (Phi) is 10.7. The molecule has 0 amide bonds. The van der Waals surface area contributed by atoms with Crippen LogP contribution in [0, 0.1) is 11.8 Å². The van der Waals surface area contributed by atoms with Gasteiger partial charge in [-0.2, -0.15) is 0 Å². The normalized spacial score (nSPS) is 13.8. The third kappa shape index (κ3) is 8.90. The maximum atomic E-state index is 5.37. The second kappa shape index (κ2) is 10.8. The molecular weight excluding hydrogens is 224 g/mol. The Hall–Kier alpha value is -0.120. The minimum absolute atomic E-state index is 0.498. The van der Waals surface area contributed by atoms with Gasteiger partial charge in [-0.25, -0.2) is 0 Å². The topological polar surface area (TPSA) is 24.5 Å². The van der Waals surface area contributed by atoms with Crippen LogP contribution in [-0.4, -0.2) is 51.3 Å². The van der Waals surface area contributed by atoms with Crippen LogP contribution >= 0.6 is 0 Å². The first-order valence-electron chi connectivity index (χ1n) is 7.38. The van der Waals surface area contributed by atoms with E-state index in [0.717, 1.165) is 25.0 Å². The Morgan fingerprint density at radius 2 is 1.50 bits per heavy atom. The lowest BCUT2D eigenvalue weighted by Crippen LogP contribution is -2.45. The zero-order valence-electron chi connectivity index (χ0n) is 13.3. The molecule has 0 saturated carbocycles. The SMILES string of the molecule is CNCC(COC)N(CCC(C)C)CCC(C)C. The highest BCUT2D eigenvalue weighted by Crippen LogP contribution is 2.10. The number of ether oxygens (including phenoxy) is 1. The fourth-order valence-corrected chi connectivity index (χ4v) is 2.05. The lowest BCUT2D eigenvalue weighted by atomic mass is 10.1. The maximum absolute atomic E-state index is 5.37. The molecule has 3 nitrogen and oxygen atoms in total. The summed E-state index contributed by atoms with van der Waals surface area (Å²) in [6.07, 6.45) is 2.53. The van der Waals surface area contributed by atoms with Crippen molar-refractivity contribution in [1.29, 1.82) is 0 Å². The van der Waals surface area contributed by atoms with Crippen molar-refractivity contribution in [2.24, 2.45) is 11.8 Å². The molecule has 110 valence electrons. The molecule has 0 aromatic rings. The quantitative estimate of drug-likeness (QED) is 0.616. The molecule has 0 aromatic heterocycles. The Bertz CT molecular complexity index is 165. The molecule has 0 radical (unpaired) electrons. The first-order chi connectivity index (χ1) is 8.51. The summed E-state index contributed by atoms with van der Waals surface area (Å²) in [6.45, 7) is 13.4. The van der Waals surface area contributed by atoms with Gasteiger partial charge in [0.15, 0.2) is 0 Å². The van der Waals surface area contributed by atoms with Crippen LogP contribution in [0.25, 0.3) is 0 Å². The third-order valence-corrected chi connectivity index (χ3v) is 3.30. The summed E-state index contributed by atoms with van der Waals surface area (Å²) in [4.78, 5) is 2.60. The van der Waals surface area contributed by atoms with E-state index in [-0.39, 0.29) is 0 Å². The van der Waals surface area contributed by atoms with Crippen LogP contribution in [0.4, 0.5) is 0 Å². The van der Waals surface area contributed by atoms with Crippen molar-refractivity contribution in [3.05, 3.63) is 0 Å². The summed E-state index contributed by atoms with van der Waals surface area (Å²) in [5.74, 6) is 1.54. The second-order valence-corrected chi connectivity index (χ2v) is 6.07. The fraction of sp³-hybridized carbons (Fsp3) is 1.00. The molecule has 18 heavy (non-hydrogen) atoms. The molecular formula is C15H34N2O. The van der Waals surface area contributed by atoms with E-state index in [1.807, 2.05) is 7.05 Å². The first-order valence-corrected chi connectivity index (χ1v) is 7.38. The van der Waals surface area contributed by atoms with Gasteiger partial charge in [-0.1, -0.05) is 27.7 Å². The van der Waals surface area contributed by atoms with Crippen LogP contribution in [0.3, 0.4) is 0 Å². The molecule has 0 bridgehead atoms. The standard InChI is InChI=1S/C15H34N2O/c1-13(2)7-9-17(10-8-14(3)4)15(11-16-5)12-18-6/h13-16H,7-12H2,1-6H3. The van der Waals surface area contributed by atoms with Gasteiger partial charge in [0.25, 0.3) is 0 Å². The van der Waals surface area contributed by atoms with E-state index in [2.05, 4.69) is 37.9 Å². The molecule has 0 rings (SSSR count). The number of methoxy groups -OCH3 is 1. The van der Waals surface area contributed by atoms with Crippen molar-refractivity contribution in [2.45, 2.75) is 46.6 Å². The maximum Gasteiger partial charge on any atom is 0.0630 e. The van der Waals surface area contributed by atoms with Crippen LogP contribution in [-0.2, 0) is 4.74 Å². The Labute approximate surface area is 114 Å². The number of rotatable bonds is 11. The van der Waals surface area contributed by atoms with Gasteiger partial charge in [-0.05, 0) is 44.8 Å². The number of likely N-dealkylation sites (N-methyl/N-ethyl adjacent to an activating group) is 1. The minimum Gasteiger partial charge on any atom is -0.383 e. The zero-order valence-corrected chi connectivity index (χ0v) is 13.3. The molecule has 1 atom stereocenters. The van der Waals surface area contributed by atoms with E-state index in [4.69, 9.17) is 4.74 Å². The van der Waals surface area contributed by atoms with Crippen LogP contribution in [0.2, 0.25) is 0 Å². The molecule has 0 fully saturated rings. The van der Waals surface area contributed by atoms with E-state index >= 15 is 0 Å². The Morgan fingerprint density at radius 3 is 1.83 bits per heavy atom. The van der Waals surface area contributed by atoms with Crippen LogP contribution < -0.4 is 5.32 Å². The van der Waals surface area contributed by atoms with Crippen LogP contribution in [0.1, 0.15) is 40.5 Å². The van der Waals surface area contributed by atoms with Gasteiger partial charge in [-0.3, -0.25) is 4.90 Å². The third-order valence-electron chi connectivity index (χ3n) is 3.30. The summed E-state index contributed by atoms with van der Waals surface area (Å²) in [5.41, 5.74) is 0. The van der Waals surface area contributed by atoms with Gasteiger partial charge in [0.1, 0.15) is 0 Å². The van der Waals surface area contributed by atoms with Crippen molar-refractivity contribution in [3.8, 4) is 0 Å². The molecule has 0 aliphatic rings. The summed E-state index contributed by atoms with van der Waals surface area (Å²) < 4.78 is 5.37. The average molecular weight is 258 g/mol. The van der Waals surface area contributed by atoms with E-state index < -0.39 is 0 Å². The fourth-order valence-electron chi connectivity index (χ4n) is 2.05. The molecule has 0 aromatic carbocycles. The molecule has 0 aliphatic carbocycles. The van der Waals surface area contributed by atoms with Gasteiger partial charge in [0, 0.05) is 19.7 Å². The summed E-state index contributed by atoms with van der Waals surface area (Å²) >= 11 is 0. The van der Waals surface area contributed by atoms with Crippen molar-refractivity contribution in [1.82, 2.24) is 10.2 Å². The molecule has 3 heteroatoms. The van der Waals surface area contributed by atoms with Crippen molar-refractivity contribution < 1.29 is 4.74 Å². The smallest absolute Gasteiger partial charge is 0.0630 e. The number of hydrogen-bond donors (Lipinski definition) is 1. The highest BCUT2D eigenvalue weighted by atomic mass is 16.5. The molecule has 1 unspecified atom stereocenters. The number of nitrogens with one attached hydrogen (secondary N) is 1. The van der Waals surface area contributed by atoms with Gasteiger partial charge in [0.2, 0.25) is 0 Å². The van der Waals surface area contributed by atoms with Crippen molar-refractivity contribution >= 4 is 0 Å². The predicted molar refractivity (Wildman–Crippen MR) is 80.1 cm³/mol. The second-order valence-electron chi connectivity index (χ2n) is 6.07. The van der Waals surface area contributed by atoms with Crippen molar-refractivity contribution in [2.75, 3.05) is 40.4 Å². The van der Waals surface area contributed by atoms with Gasteiger partial charge in [-0.15, -0.1) is 0 Å². The molecule has 0 aliphatic heterocycles. The largest absolute Gasteiger partial charge is 0.383 e. The highest BCUT2D eigenvalue weighted by molar-refractivity contribution is 4.74. The number of hydrogen-bond acceptors (Lipinski definition) is 3. The van der Waals surface area contributed by atoms with Crippen LogP contribution in [0.5, 0.6) is 0 Å². The predicted octanol–water partition coefficient (Wildman–Crippen LogP) is 2.62. The van der Waals surface area contributed by atoms with Gasteiger partial charge >= 0.3 is 0 Å². The Morgan fingerprint density at radius 1 is 1.00 bits per heavy atom. The number of nitrogens with zero attached hydrogens (tertiary/aromatic N) is 1. The summed E-state index contributed by atoms with van der Waals surface area (Å²) in [7, 11) is 3.82. The van der Waals surface area contributed by atoms with Crippen LogP contribution in [0.15, 0.2) is 0 Å². The first kappa shape index (κ1) is 17.9. The molecule has 0 saturated heterocycles. The van der Waals surface area contributed by atoms with Gasteiger partial charge in [0.05, 0.1) is 6.61 Å². The van der Waals surface area contributed by atoms with E-state index in [1.54, 1.807) is 7.11 Å². The zero-order chi connectivity index (χ0) is 14.0. The Balaban J connectivity index is 4.36. The minimum atomic E-state index is 0.498. The average Bonchev–Trinajstić information content (AvgIpc) is 2.28. The monoisotopic (exact) mass is 258 g/mol. The summed E-state index contributed by atoms with van der Waals surface area (Å²) in [6, 6.07) is 0.498. The lowest BCUT2D eigenvalue weighted by Gasteiger charge is -2.32. The highest BCUT2D eigenvalue weighted by Gasteiger charge is 2.18. The molecule has 0 heterocycles. The lowest BCUT2D eigenvalue weighted by molar-refractivity contribution is 0.0836. The molecule has 0 spiro atoms. The molecule has 1 N–H and O–H groups in total.